The van der Waals surface area contributed by atoms with Crippen LogP contribution >= 0.6 is 12.4 Å². The number of halogens is 3. The van der Waals surface area contributed by atoms with E-state index in [4.69, 9.17) is 0 Å². The highest BCUT2D eigenvalue weighted by atomic mass is 35.5. The molecule has 1 aliphatic rings. The molecule has 1 aromatic carbocycles. The van der Waals surface area contributed by atoms with Crippen LogP contribution in [0, 0.1) is 18.6 Å². The molecular formula is C14H17ClF2N2O. The Morgan fingerprint density at radius 2 is 2.10 bits per heavy atom. The minimum absolute atomic E-state index is 0. The van der Waals surface area contributed by atoms with Gasteiger partial charge in [0.25, 0.3) is 5.91 Å². The largest absolute Gasteiger partial charge is 0.348 e. The van der Waals surface area contributed by atoms with Crippen LogP contribution in [0.3, 0.4) is 0 Å². The first-order valence-electron chi connectivity index (χ1n) is 6.20. The molecule has 2 rings (SSSR count). The maximum absolute atomic E-state index is 13.5. The van der Waals surface area contributed by atoms with Crippen molar-refractivity contribution in [2.45, 2.75) is 13.3 Å². The van der Waals surface area contributed by atoms with E-state index < -0.39 is 17.5 Å². The van der Waals surface area contributed by atoms with Crippen molar-refractivity contribution in [3.05, 3.63) is 46.5 Å². The monoisotopic (exact) mass is 302 g/mol. The van der Waals surface area contributed by atoms with E-state index in [-0.39, 0.29) is 23.5 Å². The molecule has 0 aliphatic carbocycles. The van der Waals surface area contributed by atoms with Gasteiger partial charge in [0.05, 0.1) is 5.56 Å². The van der Waals surface area contributed by atoms with Crippen LogP contribution in [0.4, 0.5) is 8.78 Å². The van der Waals surface area contributed by atoms with Gasteiger partial charge in [-0.25, -0.2) is 8.78 Å². The van der Waals surface area contributed by atoms with Crippen molar-refractivity contribution in [3.63, 3.8) is 0 Å². The summed E-state index contributed by atoms with van der Waals surface area (Å²) in [4.78, 5) is 11.9. The molecule has 1 amide bonds. The molecule has 0 fully saturated rings. The Morgan fingerprint density at radius 3 is 2.75 bits per heavy atom. The Labute approximate surface area is 122 Å². The standard InChI is InChI=1S/C14H16F2N2O.ClH/c1-9-6-11(13(16)7-12(9)15)14(19)18-8-10-2-4-17-5-3-10;/h2,6-7,17H,3-5,8H2,1H3,(H,18,19);1H. The van der Waals surface area contributed by atoms with Gasteiger partial charge in [-0.1, -0.05) is 11.6 Å². The smallest absolute Gasteiger partial charge is 0.254 e. The van der Waals surface area contributed by atoms with Crippen molar-refractivity contribution < 1.29 is 13.6 Å². The molecule has 6 heteroatoms. The third-order valence-electron chi connectivity index (χ3n) is 3.13. The summed E-state index contributed by atoms with van der Waals surface area (Å²) in [5.74, 6) is -1.99. The van der Waals surface area contributed by atoms with Gasteiger partial charge in [-0.15, -0.1) is 12.4 Å². The second-order valence-electron chi connectivity index (χ2n) is 4.58. The Bertz CT molecular complexity index is 532. The summed E-state index contributed by atoms with van der Waals surface area (Å²) in [5, 5.41) is 5.82. The van der Waals surface area contributed by atoms with Crippen LogP contribution in [0.25, 0.3) is 0 Å². The molecule has 20 heavy (non-hydrogen) atoms. The number of hydrogen-bond acceptors (Lipinski definition) is 2. The average molecular weight is 303 g/mol. The maximum atomic E-state index is 13.5. The zero-order valence-corrected chi connectivity index (χ0v) is 11.9. The molecule has 3 nitrogen and oxygen atoms in total. The highest BCUT2D eigenvalue weighted by molar-refractivity contribution is 5.94. The summed E-state index contributed by atoms with van der Waals surface area (Å²) in [5.41, 5.74) is 1.26. The fourth-order valence-electron chi connectivity index (χ4n) is 1.95. The van der Waals surface area contributed by atoms with E-state index in [1.165, 1.54) is 13.0 Å². The molecule has 0 unspecified atom stereocenters. The molecule has 110 valence electrons. The van der Waals surface area contributed by atoms with Crippen LogP contribution in [-0.4, -0.2) is 25.5 Å². The van der Waals surface area contributed by atoms with Gasteiger partial charge in [0.15, 0.2) is 0 Å². The molecule has 0 radical (unpaired) electrons. The molecule has 0 spiro atoms. The minimum Gasteiger partial charge on any atom is -0.348 e. The molecule has 1 heterocycles. The number of amides is 1. The third-order valence-corrected chi connectivity index (χ3v) is 3.13. The van der Waals surface area contributed by atoms with Gasteiger partial charge in [-0.2, -0.15) is 0 Å². The number of aryl methyl sites for hydroxylation is 1. The van der Waals surface area contributed by atoms with Gasteiger partial charge in [-0.05, 0) is 31.5 Å². The number of carbonyl (C=O) groups excluding carboxylic acids is 1. The fraction of sp³-hybridized carbons (Fsp3) is 0.357. The second-order valence-corrected chi connectivity index (χ2v) is 4.58. The van der Waals surface area contributed by atoms with Gasteiger partial charge < -0.3 is 10.6 Å². The number of benzene rings is 1. The van der Waals surface area contributed by atoms with Gasteiger partial charge in [0.1, 0.15) is 11.6 Å². The van der Waals surface area contributed by atoms with Crippen molar-refractivity contribution >= 4 is 18.3 Å². The zero-order chi connectivity index (χ0) is 13.8. The fourth-order valence-corrected chi connectivity index (χ4v) is 1.95. The van der Waals surface area contributed by atoms with Gasteiger partial charge in [-0.3, -0.25) is 4.79 Å². The molecule has 1 aromatic rings. The lowest BCUT2D eigenvalue weighted by atomic mass is 10.1. The Kier molecular flexibility index (Phi) is 6.10. The summed E-state index contributed by atoms with van der Waals surface area (Å²) in [7, 11) is 0. The topological polar surface area (TPSA) is 41.1 Å². The normalized spacial score (nSPS) is 14.2. The van der Waals surface area contributed by atoms with Crippen LogP contribution in [-0.2, 0) is 0 Å². The molecule has 2 N–H and O–H groups in total. The number of nitrogens with one attached hydrogen (secondary N) is 2. The molecule has 0 saturated heterocycles. The van der Waals surface area contributed by atoms with E-state index in [0.717, 1.165) is 31.1 Å². The Balaban J connectivity index is 0.00000200. The zero-order valence-electron chi connectivity index (χ0n) is 11.1. The summed E-state index contributed by atoms with van der Waals surface area (Å²) in [6.07, 6.45) is 2.88. The Morgan fingerprint density at radius 1 is 1.35 bits per heavy atom. The first-order valence-corrected chi connectivity index (χ1v) is 6.20. The highest BCUT2D eigenvalue weighted by Crippen LogP contribution is 2.14. The number of rotatable bonds is 3. The molecule has 0 saturated carbocycles. The van der Waals surface area contributed by atoms with Crippen molar-refractivity contribution in [3.8, 4) is 0 Å². The first kappa shape index (κ1) is 16.6. The second kappa shape index (κ2) is 7.36. The van der Waals surface area contributed by atoms with Gasteiger partial charge >= 0.3 is 0 Å². The minimum atomic E-state index is -0.833. The summed E-state index contributed by atoms with van der Waals surface area (Å²) in [6.45, 7) is 3.57. The predicted octanol–water partition coefficient (Wildman–Crippen LogP) is 2.34. The van der Waals surface area contributed by atoms with E-state index in [2.05, 4.69) is 10.6 Å². The van der Waals surface area contributed by atoms with Crippen LogP contribution in [0.5, 0.6) is 0 Å². The first-order chi connectivity index (χ1) is 9.08. The summed E-state index contributed by atoms with van der Waals surface area (Å²) < 4.78 is 26.6. The lowest BCUT2D eigenvalue weighted by molar-refractivity contribution is 0.0952. The molecule has 0 aromatic heterocycles. The van der Waals surface area contributed by atoms with Crippen LogP contribution < -0.4 is 10.6 Å². The van der Waals surface area contributed by atoms with Crippen LogP contribution in [0.2, 0.25) is 0 Å². The van der Waals surface area contributed by atoms with E-state index in [1.54, 1.807) is 0 Å². The quantitative estimate of drug-likeness (QED) is 0.842. The molecule has 0 atom stereocenters. The van der Waals surface area contributed by atoms with Crippen molar-refractivity contribution in [1.82, 2.24) is 10.6 Å². The van der Waals surface area contributed by atoms with Crippen LogP contribution in [0.1, 0.15) is 22.3 Å². The average Bonchev–Trinajstić information content (AvgIpc) is 2.41. The van der Waals surface area contributed by atoms with E-state index >= 15 is 0 Å². The predicted molar refractivity (Wildman–Crippen MR) is 76.2 cm³/mol. The van der Waals surface area contributed by atoms with Gasteiger partial charge in [0.2, 0.25) is 0 Å². The molecule has 0 bridgehead atoms. The highest BCUT2D eigenvalue weighted by Gasteiger charge is 2.14. The number of hydrogen-bond donors (Lipinski definition) is 2. The Hall–Kier alpha value is -1.46. The van der Waals surface area contributed by atoms with E-state index in [1.807, 2.05) is 6.08 Å². The van der Waals surface area contributed by atoms with Gasteiger partial charge in [0, 0.05) is 19.2 Å². The third kappa shape index (κ3) is 4.02. The number of carbonyl (C=O) groups is 1. The SMILES string of the molecule is Cc1cc(C(=O)NCC2=CCNCC2)c(F)cc1F.Cl. The van der Waals surface area contributed by atoms with Crippen molar-refractivity contribution in [1.29, 1.82) is 0 Å². The van der Waals surface area contributed by atoms with Crippen LogP contribution in [0.15, 0.2) is 23.8 Å². The summed E-state index contributed by atoms with van der Waals surface area (Å²) in [6, 6.07) is 1.98. The van der Waals surface area contributed by atoms with Crippen molar-refractivity contribution in [2.24, 2.45) is 0 Å². The lowest BCUT2D eigenvalue weighted by Gasteiger charge is -2.15. The van der Waals surface area contributed by atoms with Crippen molar-refractivity contribution in [2.75, 3.05) is 19.6 Å². The lowest BCUT2D eigenvalue weighted by Crippen LogP contribution is -2.30. The van der Waals surface area contributed by atoms with E-state index in [0.29, 0.717) is 6.54 Å². The summed E-state index contributed by atoms with van der Waals surface area (Å²) >= 11 is 0. The maximum Gasteiger partial charge on any atom is 0.254 e. The van der Waals surface area contributed by atoms with E-state index in [9.17, 15) is 13.6 Å². The molecular weight excluding hydrogens is 286 g/mol. The molecule has 1 aliphatic heterocycles.